The molecule has 1 aliphatic heterocycles. The lowest BCUT2D eigenvalue weighted by Gasteiger charge is -2.30. The molecule has 1 aliphatic rings. The maximum atomic E-state index is 12.7. The van der Waals surface area contributed by atoms with Gasteiger partial charge in [-0.15, -0.1) is 0 Å². The molecular weight excluding hydrogens is 330 g/mol. The van der Waals surface area contributed by atoms with Gasteiger partial charge in [0, 0.05) is 37.1 Å². The average Bonchev–Trinajstić information content (AvgIpc) is 3.19. The minimum atomic E-state index is 0.0383. The van der Waals surface area contributed by atoms with E-state index in [1.165, 1.54) is 0 Å². The Morgan fingerprint density at radius 1 is 1.12 bits per heavy atom. The molecule has 4 heterocycles. The van der Waals surface area contributed by atoms with E-state index in [1.54, 1.807) is 18.5 Å². The second kappa shape index (κ2) is 7.03. The normalized spacial score (nSPS) is 15.2. The van der Waals surface area contributed by atoms with Gasteiger partial charge in [-0.25, -0.2) is 0 Å². The van der Waals surface area contributed by atoms with Crippen molar-refractivity contribution >= 4 is 5.91 Å². The maximum Gasteiger partial charge on any atom is 0.276 e. The Hall–Kier alpha value is -3.09. The number of rotatable bonds is 3. The smallest absolute Gasteiger partial charge is 0.276 e. The fraction of sp³-hybridized carbons (Fsp3) is 0.316. The van der Waals surface area contributed by atoms with Crippen LogP contribution in [0.5, 0.6) is 0 Å². The zero-order chi connectivity index (χ0) is 17.9. The van der Waals surface area contributed by atoms with E-state index in [1.807, 2.05) is 36.1 Å². The van der Waals surface area contributed by atoms with Crippen LogP contribution in [0.2, 0.25) is 0 Å². The van der Waals surface area contributed by atoms with Gasteiger partial charge in [-0.1, -0.05) is 11.2 Å². The number of aryl methyl sites for hydroxylation is 1. The van der Waals surface area contributed by atoms with E-state index in [0.29, 0.717) is 36.1 Å². The second-order valence-corrected chi connectivity index (χ2v) is 6.38. The summed E-state index contributed by atoms with van der Waals surface area (Å²) in [6.45, 7) is 3.20. The fourth-order valence-corrected chi connectivity index (χ4v) is 3.22. The van der Waals surface area contributed by atoms with Gasteiger partial charge < -0.3 is 9.42 Å². The summed E-state index contributed by atoms with van der Waals surface area (Å²) in [7, 11) is 0. The van der Waals surface area contributed by atoms with Gasteiger partial charge in [-0.2, -0.15) is 4.98 Å². The number of aromatic nitrogens is 4. The van der Waals surface area contributed by atoms with Gasteiger partial charge in [0.15, 0.2) is 5.82 Å². The molecule has 7 nitrogen and oxygen atoms in total. The van der Waals surface area contributed by atoms with E-state index in [2.05, 4.69) is 20.1 Å². The molecule has 0 aromatic carbocycles. The third-order valence-electron chi connectivity index (χ3n) is 4.71. The van der Waals surface area contributed by atoms with Gasteiger partial charge in [0.05, 0.1) is 5.56 Å². The Bertz CT molecular complexity index is 901. The Labute approximate surface area is 151 Å². The molecule has 3 aromatic heterocycles. The Balaban J connectivity index is 1.42. The van der Waals surface area contributed by atoms with Crippen LogP contribution in [-0.4, -0.2) is 44.0 Å². The Kier molecular flexibility index (Phi) is 4.43. The van der Waals surface area contributed by atoms with Gasteiger partial charge in [0.2, 0.25) is 0 Å². The second-order valence-electron chi connectivity index (χ2n) is 6.38. The molecule has 26 heavy (non-hydrogen) atoms. The summed E-state index contributed by atoms with van der Waals surface area (Å²) in [6.07, 6.45) is 5.02. The van der Waals surface area contributed by atoms with Crippen LogP contribution < -0.4 is 0 Å². The number of piperidine rings is 1. The summed E-state index contributed by atoms with van der Waals surface area (Å²) in [5.74, 6) is 1.35. The predicted molar refractivity (Wildman–Crippen MR) is 94.4 cm³/mol. The van der Waals surface area contributed by atoms with Crippen molar-refractivity contribution < 1.29 is 9.32 Å². The molecule has 0 radical (unpaired) electrons. The molecule has 7 heteroatoms. The predicted octanol–water partition coefficient (Wildman–Crippen LogP) is 2.85. The van der Waals surface area contributed by atoms with E-state index >= 15 is 0 Å². The molecule has 0 spiro atoms. The van der Waals surface area contributed by atoms with E-state index in [9.17, 15) is 4.79 Å². The largest absolute Gasteiger partial charge is 0.339 e. The number of carbonyl (C=O) groups is 1. The molecule has 0 bridgehead atoms. The molecule has 132 valence electrons. The van der Waals surface area contributed by atoms with Gasteiger partial charge in [0.25, 0.3) is 11.8 Å². The van der Waals surface area contributed by atoms with Gasteiger partial charge >= 0.3 is 0 Å². The summed E-state index contributed by atoms with van der Waals surface area (Å²) < 4.78 is 5.35. The molecule has 0 saturated carbocycles. The molecule has 0 aliphatic carbocycles. The number of carbonyl (C=O) groups excluding carboxylic acids is 1. The first-order chi connectivity index (χ1) is 12.7. The number of nitrogens with zero attached hydrogens (tertiary/aromatic N) is 5. The molecule has 4 rings (SSSR count). The minimum Gasteiger partial charge on any atom is -0.339 e. The zero-order valence-corrected chi connectivity index (χ0v) is 14.5. The van der Waals surface area contributed by atoms with Gasteiger partial charge in [0.1, 0.15) is 5.69 Å². The number of hydrogen-bond acceptors (Lipinski definition) is 6. The topological polar surface area (TPSA) is 85.0 Å². The van der Waals surface area contributed by atoms with Crippen molar-refractivity contribution in [1.29, 1.82) is 0 Å². The molecule has 0 N–H and O–H groups in total. The van der Waals surface area contributed by atoms with Crippen LogP contribution in [0.15, 0.2) is 47.2 Å². The molecule has 3 aromatic rings. The SMILES string of the molecule is Cc1ncccc1C(=O)N1CCC(c2noc(-c3ccccn3)n2)CC1. The van der Waals surface area contributed by atoms with E-state index in [0.717, 1.165) is 18.5 Å². The monoisotopic (exact) mass is 349 g/mol. The van der Waals surface area contributed by atoms with Crippen LogP contribution in [0.25, 0.3) is 11.6 Å². The van der Waals surface area contributed by atoms with Crippen LogP contribution in [0.3, 0.4) is 0 Å². The first-order valence-corrected chi connectivity index (χ1v) is 8.68. The van der Waals surface area contributed by atoms with Crippen molar-refractivity contribution in [2.45, 2.75) is 25.7 Å². The Morgan fingerprint density at radius 2 is 1.92 bits per heavy atom. The Morgan fingerprint density at radius 3 is 2.65 bits per heavy atom. The lowest BCUT2D eigenvalue weighted by molar-refractivity contribution is 0.0709. The molecular formula is C19H19N5O2. The summed E-state index contributed by atoms with van der Waals surface area (Å²) in [6, 6.07) is 9.20. The molecule has 1 saturated heterocycles. The van der Waals surface area contributed by atoms with Crippen molar-refractivity contribution in [2.24, 2.45) is 0 Å². The first kappa shape index (κ1) is 16.4. The van der Waals surface area contributed by atoms with E-state index in [-0.39, 0.29) is 11.8 Å². The molecule has 1 fully saturated rings. The molecule has 0 atom stereocenters. The van der Waals surface area contributed by atoms with Crippen molar-refractivity contribution in [3.8, 4) is 11.6 Å². The highest BCUT2D eigenvalue weighted by molar-refractivity contribution is 5.95. The standard InChI is InChI=1S/C19H19N5O2/c1-13-15(5-4-10-20-13)19(25)24-11-7-14(8-12-24)17-22-18(26-23-17)16-6-2-3-9-21-16/h2-6,9-10,14H,7-8,11-12H2,1H3. The number of amides is 1. The fourth-order valence-electron chi connectivity index (χ4n) is 3.22. The van der Waals surface area contributed by atoms with E-state index < -0.39 is 0 Å². The summed E-state index contributed by atoms with van der Waals surface area (Å²) in [5, 5.41) is 4.12. The summed E-state index contributed by atoms with van der Waals surface area (Å²) in [5.41, 5.74) is 2.10. The average molecular weight is 349 g/mol. The van der Waals surface area contributed by atoms with Crippen LogP contribution in [0.1, 0.15) is 40.6 Å². The minimum absolute atomic E-state index is 0.0383. The first-order valence-electron chi connectivity index (χ1n) is 8.68. The van der Waals surface area contributed by atoms with Crippen LogP contribution in [0, 0.1) is 6.92 Å². The highest BCUT2D eigenvalue weighted by atomic mass is 16.5. The van der Waals surface area contributed by atoms with Crippen molar-refractivity contribution in [2.75, 3.05) is 13.1 Å². The van der Waals surface area contributed by atoms with Crippen LogP contribution in [0.4, 0.5) is 0 Å². The quantitative estimate of drug-likeness (QED) is 0.723. The molecule has 1 amide bonds. The third-order valence-corrected chi connectivity index (χ3v) is 4.71. The van der Waals surface area contributed by atoms with Gasteiger partial charge in [-0.05, 0) is 44.0 Å². The van der Waals surface area contributed by atoms with Crippen LogP contribution in [-0.2, 0) is 0 Å². The highest BCUT2D eigenvalue weighted by Crippen LogP contribution is 2.28. The van der Waals surface area contributed by atoms with Crippen molar-refractivity contribution in [3.05, 3.63) is 59.8 Å². The lowest BCUT2D eigenvalue weighted by Crippen LogP contribution is -2.38. The lowest BCUT2D eigenvalue weighted by atomic mass is 9.95. The molecule has 0 unspecified atom stereocenters. The van der Waals surface area contributed by atoms with Crippen molar-refractivity contribution in [1.82, 2.24) is 25.0 Å². The number of hydrogen-bond donors (Lipinski definition) is 0. The van der Waals surface area contributed by atoms with Gasteiger partial charge in [-0.3, -0.25) is 14.8 Å². The summed E-state index contributed by atoms with van der Waals surface area (Å²) >= 11 is 0. The van der Waals surface area contributed by atoms with E-state index in [4.69, 9.17) is 4.52 Å². The number of likely N-dealkylation sites (tertiary alicyclic amines) is 1. The maximum absolute atomic E-state index is 12.7. The highest BCUT2D eigenvalue weighted by Gasteiger charge is 2.28. The summed E-state index contributed by atoms with van der Waals surface area (Å²) in [4.78, 5) is 27.5. The van der Waals surface area contributed by atoms with Crippen molar-refractivity contribution in [3.63, 3.8) is 0 Å². The third kappa shape index (κ3) is 3.20. The van der Waals surface area contributed by atoms with Crippen LogP contribution >= 0.6 is 0 Å². The zero-order valence-electron chi connectivity index (χ0n) is 14.5. The number of pyridine rings is 2.